The van der Waals surface area contributed by atoms with Crippen molar-refractivity contribution in [3.05, 3.63) is 106 Å². The molecule has 2 amide bonds. The molecule has 4 nitrogen and oxygen atoms in total. The van der Waals surface area contributed by atoms with Crippen LogP contribution in [0, 0.1) is 0 Å². The zero-order valence-corrected chi connectivity index (χ0v) is 18.7. The molecule has 0 spiro atoms. The van der Waals surface area contributed by atoms with Gasteiger partial charge in [0.05, 0.1) is 6.42 Å². The highest BCUT2D eigenvalue weighted by atomic mass is 35.5. The first-order valence-electron chi connectivity index (χ1n) is 10.0. The molecule has 3 aromatic carbocycles. The maximum absolute atomic E-state index is 13.2. The number of carbonyl (C=O) groups excluding carboxylic acids is 2. The lowest BCUT2D eigenvalue weighted by molar-refractivity contribution is -0.140. The summed E-state index contributed by atoms with van der Waals surface area (Å²) in [5.74, 6) is -0.369. The van der Waals surface area contributed by atoms with Crippen LogP contribution in [0.25, 0.3) is 0 Å². The van der Waals surface area contributed by atoms with Gasteiger partial charge in [0.1, 0.15) is 6.04 Å². The van der Waals surface area contributed by atoms with Gasteiger partial charge < -0.3 is 10.2 Å². The largest absolute Gasteiger partial charge is 0.350 e. The van der Waals surface area contributed by atoms with Gasteiger partial charge in [0.15, 0.2) is 0 Å². The number of amides is 2. The van der Waals surface area contributed by atoms with Gasteiger partial charge in [0, 0.05) is 23.1 Å². The first kappa shape index (κ1) is 22.9. The first-order chi connectivity index (χ1) is 14.9. The maximum Gasteiger partial charge on any atom is 0.242 e. The third kappa shape index (κ3) is 6.58. The molecule has 3 rings (SSSR count). The number of nitrogens with zero attached hydrogens (tertiary/aromatic N) is 1. The van der Waals surface area contributed by atoms with Gasteiger partial charge in [-0.1, -0.05) is 83.9 Å². The summed E-state index contributed by atoms with van der Waals surface area (Å²) in [7, 11) is 0. The summed E-state index contributed by atoms with van der Waals surface area (Å²) >= 11 is 12.1. The second-order valence-electron chi connectivity index (χ2n) is 7.30. The molecule has 0 aliphatic heterocycles. The summed E-state index contributed by atoms with van der Waals surface area (Å²) in [5, 5.41) is 4.11. The van der Waals surface area contributed by atoms with E-state index in [-0.39, 0.29) is 18.2 Å². The number of rotatable bonds is 8. The summed E-state index contributed by atoms with van der Waals surface area (Å²) in [6.07, 6.45) is 0.187. The fourth-order valence-electron chi connectivity index (χ4n) is 3.21. The van der Waals surface area contributed by atoms with Crippen LogP contribution in [-0.2, 0) is 29.1 Å². The molecule has 3 aromatic rings. The second kappa shape index (κ2) is 11.0. The summed E-state index contributed by atoms with van der Waals surface area (Å²) in [5.41, 5.74) is 2.63. The normalized spacial score (nSPS) is 11.6. The highest BCUT2D eigenvalue weighted by Crippen LogP contribution is 2.16. The Morgan fingerprint density at radius 2 is 1.52 bits per heavy atom. The molecule has 6 heteroatoms. The molecule has 1 N–H and O–H groups in total. The van der Waals surface area contributed by atoms with Crippen LogP contribution in [0.4, 0.5) is 0 Å². The standard InChI is InChI=1S/C25H24Cl2N2O2/c1-18(25(31)28-16-21-9-5-6-10-23(21)27)29(17-20-7-3-2-4-8-20)24(30)15-19-11-13-22(26)14-12-19/h2-14,18H,15-17H2,1H3,(H,28,31)/t18-/m1/s1. The Balaban J connectivity index is 1.73. The zero-order chi connectivity index (χ0) is 22.2. The van der Waals surface area contributed by atoms with Crippen molar-refractivity contribution >= 4 is 35.0 Å². The number of halogens is 2. The molecule has 160 valence electrons. The summed E-state index contributed by atoms with van der Waals surface area (Å²) in [6.45, 7) is 2.38. The van der Waals surface area contributed by atoms with Gasteiger partial charge in [-0.15, -0.1) is 0 Å². The summed E-state index contributed by atoms with van der Waals surface area (Å²) in [6, 6.07) is 23.5. The van der Waals surface area contributed by atoms with Gasteiger partial charge in [-0.05, 0) is 41.8 Å². The van der Waals surface area contributed by atoms with Crippen molar-refractivity contribution in [2.45, 2.75) is 32.5 Å². The zero-order valence-electron chi connectivity index (χ0n) is 17.2. The average molecular weight is 455 g/mol. The molecule has 0 aromatic heterocycles. The number of hydrogen-bond donors (Lipinski definition) is 1. The van der Waals surface area contributed by atoms with Crippen molar-refractivity contribution in [2.75, 3.05) is 0 Å². The van der Waals surface area contributed by atoms with E-state index in [0.717, 1.165) is 16.7 Å². The Morgan fingerprint density at radius 3 is 2.19 bits per heavy atom. The molecule has 1 atom stereocenters. The fourth-order valence-corrected chi connectivity index (χ4v) is 3.54. The van der Waals surface area contributed by atoms with Crippen LogP contribution in [0.3, 0.4) is 0 Å². The van der Waals surface area contributed by atoms with Crippen LogP contribution in [0.1, 0.15) is 23.6 Å². The first-order valence-corrected chi connectivity index (χ1v) is 10.8. The van der Waals surface area contributed by atoms with Crippen molar-refractivity contribution in [3.8, 4) is 0 Å². The third-order valence-corrected chi connectivity index (χ3v) is 5.66. The van der Waals surface area contributed by atoms with Crippen molar-refractivity contribution in [3.63, 3.8) is 0 Å². The predicted octanol–water partition coefficient (Wildman–Crippen LogP) is 5.27. The van der Waals surface area contributed by atoms with Crippen LogP contribution >= 0.6 is 23.2 Å². The van der Waals surface area contributed by atoms with Gasteiger partial charge in [-0.25, -0.2) is 0 Å². The molecule has 0 heterocycles. The molecule has 0 unspecified atom stereocenters. The van der Waals surface area contributed by atoms with E-state index in [1.807, 2.05) is 60.7 Å². The average Bonchev–Trinajstić information content (AvgIpc) is 2.78. The van der Waals surface area contributed by atoms with Crippen LogP contribution in [-0.4, -0.2) is 22.8 Å². The van der Waals surface area contributed by atoms with Crippen LogP contribution in [0.2, 0.25) is 10.0 Å². The van der Waals surface area contributed by atoms with E-state index in [1.165, 1.54) is 0 Å². The lowest BCUT2D eigenvalue weighted by Gasteiger charge is -2.29. The van der Waals surface area contributed by atoms with Crippen molar-refractivity contribution in [1.29, 1.82) is 0 Å². The van der Waals surface area contributed by atoms with E-state index < -0.39 is 6.04 Å². The van der Waals surface area contributed by atoms with Crippen molar-refractivity contribution < 1.29 is 9.59 Å². The SMILES string of the molecule is C[C@H](C(=O)NCc1ccccc1Cl)N(Cc1ccccc1)C(=O)Cc1ccc(Cl)cc1. The topological polar surface area (TPSA) is 49.4 Å². The molecule has 0 bridgehead atoms. The smallest absolute Gasteiger partial charge is 0.242 e. The maximum atomic E-state index is 13.2. The van der Waals surface area contributed by atoms with Crippen LogP contribution < -0.4 is 5.32 Å². The predicted molar refractivity (Wildman–Crippen MR) is 125 cm³/mol. The van der Waals surface area contributed by atoms with Gasteiger partial charge in [-0.2, -0.15) is 0 Å². The third-order valence-electron chi connectivity index (χ3n) is 5.04. The molecule has 0 radical (unpaired) electrons. The lowest BCUT2D eigenvalue weighted by atomic mass is 10.1. The van der Waals surface area contributed by atoms with E-state index in [4.69, 9.17) is 23.2 Å². The minimum atomic E-state index is -0.650. The van der Waals surface area contributed by atoms with Gasteiger partial charge in [0.25, 0.3) is 0 Å². The molecule has 31 heavy (non-hydrogen) atoms. The van der Waals surface area contributed by atoms with E-state index in [2.05, 4.69) is 5.32 Å². The van der Waals surface area contributed by atoms with Crippen molar-refractivity contribution in [2.24, 2.45) is 0 Å². The summed E-state index contributed by atoms with van der Waals surface area (Å²) in [4.78, 5) is 27.7. The highest BCUT2D eigenvalue weighted by Gasteiger charge is 2.26. The van der Waals surface area contributed by atoms with E-state index in [0.29, 0.717) is 23.1 Å². The molecule has 0 saturated carbocycles. The Morgan fingerprint density at radius 1 is 0.871 bits per heavy atom. The van der Waals surface area contributed by atoms with E-state index in [1.54, 1.807) is 30.0 Å². The van der Waals surface area contributed by atoms with E-state index >= 15 is 0 Å². The second-order valence-corrected chi connectivity index (χ2v) is 8.14. The Hall–Kier alpha value is -2.82. The number of hydrogen-bond acceptors (Lipinski definition) is 2. The molecular weight excluding hydrogens is 431 g/mol. The lowest BCUT2D eigenvalue weighted by Crippen LogP contribution is -2.48. The number of carbonyl (C=O) groups is 2. The minimum absolute atomic E-state index is 0.133. The van der Waals surface area contributed by atoms with Crippen LogP contribution in [0.5, 0.6) is 0 Å². The Kier molecular flexibility index (Phi) is 8.10. The molecule has 0 saturated heterocycles. The van der Waals surface area contributed by atoms with E-state index in [9.17, 15) is 9.59 Å². The molecular formula is C25H24Cl2N2O2. The monoisotopic (exact) mass is 454 g/mol. The van der Waals surface area contributed by atoms with Crippen molar-refractivity contribution in [1.82, 2.24) is 10.2 Å². The fraction of sp³-hybridized carbons (Fsp3) is 0.200. The van der Waals surface area contributed by atoms with Crippen LogP contribution in [0.15, 0.2) is 78.9 Å². The number of nitrogens with one attached hydrogen (secondary N) is 1. The van der Waals surface area contributed by atoms with Gasteiger partial charge in [-0.3, -0.25) is 9.59 Å². The number of benzene rings is 3. The quantitative estimate of drug-likeness (QED) is 0.503. The highest BCUT2D eigenvalue weighted by molar-refractivity contribution is 6.31. The Labute approximate surface area is 192 Å². The Bertz CT molecular complexity index is 1020. The van der Waals surface area contributed by atoms with Gasteiger partial charge in [0.2, 0.25) is 11.8 Å². The molecule has 0 fully saturated rings. The van der Waals surface area contributed by atoms with Gasteiger partial charge >= 0.3 is 0 Å². The minimum Gasteiger partial charge on any atom is -0.350 e. The summed E-state index contributed by atoms with van der Waals surface area (Å²) < 4.78 is 0. The molecule has 0 aliphatic rings. The molecule has 0 aliphatic carbocycles.